The lowest BCUT2D eigenvalue weighted by molar-refractivity contribution is 0.548. The SMILES string of the molecule is CCNC(c1cc(C)ccn1)c1ccncc1F. The van der Waals surface area contributed by atoms with Crippen molar-refractivity contribution >= 4 is 0 Å². The van der Waals surface area contributed by atoms with Gasteiger partial charge in [-0.2, -0.15) is 0 Å². The second kappa shape index (κ2) is 5.69. The molecule has 0 aliphatic heterocycles. The van der Waals surface area contributed by atoms with Crippen LogP contribution in [0.15, 0.2) is 36.8 Å². The van der Waals surface area contributed by atoms with Crippen molar-refractivity contribution in [3.63, 3.8) is 0 Å². The number of rotatable bonds is 4. The smallest absolute Gasteiger partial charge is 0.146 e. The average Bonchev–Trinajstić information content (AvgIpc) is 2.37. The van der Waals surface area contributed by atoms with Crippen LogP contribution in [0.3, 0.4) is 0 Å². The van der Waals surface area contributed by atoms with E-state index in [1.807, 2.05) is 26.0 Å². The zero-order valence-corrected chi connectivity index (χ0v) is 10.5. The van der Waals surface area contributed by atoms with Crippen molar-refractivity contribution in [3.05, 3.63) is 59.4 Å². The zero-order chi connectivity index (χ0) is 13.0. The van der Waals surface area contributed by atoms with Crippen LogP contribution >= 0.6 is 0 Å². The van der Waals surface area contributed by atoms with E-state index in [-0.39, 0.29) is 11.9 Å². The summed E-state index contributed by atoms with van der Waals surface area (Å²) in [5.74, 6) is -0.313. The summed E-state index contributed by atoms with van der Waals surface area (Å²) in [5, 5.41) is 3.25. The van der Waals surface area contributed by atoms with Gasteiger partial charge in [0, 0.05) is 18.0 Å². The van der Waals surface area contributed by atoms with Crippen LogP contribution in [-0.4, -0.2) is 16.5 Å². The summed E-state index contributed by atoms with van der Waals surface area (Å²) >= 11 is 0. The Labute approximate surface area is 106 Å². The van der Waals surface area contributed by atoms with Crippen LogP contribution in [0.5, 0.6) is 0 Å². The Hall–Kier alpha value is -1.81. The molecule has 0 spiro atoms. The van der Waals surface area contributed by atoms with Gasteiger partial charge in [0.15, 0.2) is 0 Å². The lowest BCUT2D eigenvalue weighted by Crippen LogP contribution is -2.24. The Morgan fingerprint density at radius 3 is 2.83 bits per heavy atom. The van der Waals surface area contributed by atoms with Gasteiger partial charge in [0.1, 0.15) is 5.82 Å². The fraction of sp³-hybridized carbons (Fsp3) is 0.286. The number of halogens is 1. The van der Waals surface area contributed by atoms with Gasteiger partial charge < -0.3 is 5.32 Å². The van der Waals surface area contributed by atoms with Gasteiger partial charge in [0.2, 0.25) is 0 Å². The predicted octanol–water partition coefficient (Wildman–Crippen LogP) is 2.62. The van der Waals surface area contributed by atoms with Gasteiger partial charge in [-0.15, -0.1) is 0 Å². The molecule has 0 aliphatic rings. The standard InChI is InChI=1S/C14H16FN3/c1-3-17-14(11-5-6-16-9-12(11)15)13-8-10(2)4-7-18-13/h4-9,14,17H,3H2,1-2H3. The molecule has 0 fully saturated rings. The number of pyridine rings is 2. The highest BCUT2D eigenvalue weighted by molar-refractivity contribution is 5.29. The Morgan fingerprint density at radius 2 is 2.17 bits per heavy atom. The van der Waals surface area contributed by atoms with Crippen molar-refractivity contribution in [1.82, 2.24) is 15.3 Å². The molecule has 0 bridgehead atoms. The highest BCUT2D eigenvalue weighted by Gasteiger charge is 2.18. The van der Waals surface area contributed by atoms with Gasteiger partial charge >= 0.3 is 0 Å². The molecule has 0 saturated carbocycles. The van der Waals surface area contributed by atoms with E-state index in [4.69, 9.17) is 0 Å². The number of aryl methyl sites for hydroxylation is 1. The third-order valence-electron chi connectivity index (χ3n) is 2.76. The van der Waals surface area contributed by atoms with Crippen molar-refractivity contribution in [2.75, 3.05) is 6.54 Å². The predicted molar refractivity (Wildman–Crippen MR) is 68.7 cm³/mol. The van der Waals surface area contributed by atoms with Crippen LogP contribution in [0.1, 0.15) is 29.8 Å². The fourth-order valence-electron chi connectivity index (χ4n) is 1.92. The molecule has 2 aromatic rings. The van der Waals surface area contributed by atoms with E-state index in [1.54, 1.807) is 18.5 Å². The zero-order valence-electron chi connectivity index (χ0n) is 10.5. The summed E-state index contributed by atoms with van der Waals surface area (Å²) in [6, 6.07) is 5.34. The van der Waals surface area contributed by atoms with Crippen molar-refractivity contribution in [2.45, 2.75) is 19.9 Å². The van der Waals surface area contributed by atoms with E-state index in [1.165, 1.54) is 6.20 Å². The van der Waals surface area contributed by atoms with E-state index in [9.17, 15) is 4.39 Å². The summed E-state index contributed by atoms with van der Waals surface area (Å²) in [7, 11) is 0. The summed E-state index contributed by atoms with van der Waals surface area (Å²) in [6.07, 6.45) is 4.57. The maximum Gasteiger partial charge on any atom is 0.146 e. The molecule has 3 nitrogen and oxygen atoms in total. The number of nitrogens with zero attached hydrogens (tertiary/aromatic N) is 2. The molecule has 94 valence electrons. The van der Waals surface area contributed by atoms with Gasteiger partial charge in [-0.3, -0.25) is 9.97 Å². The minimum absolute atomic E-state index is 0.238. The molecular weight excluding hydrogens is 229 g/mol. The molecule has 0 radical (unpaired) electrons. The summed E-state index contributed by atoms with van der Waals surface area (Å²) in [6.45, 7) is 4.72. The lowest BCUT2D eigenvalue weighted by Gasteiger charge is -2.18. The third kappa shape index (κ3) is 2.71. The summed E-state index contributed by atoms with van der Waals surface area (Å²) in [4.78, 5) is 8.10. The maximum absolute atomic E-state index is 13.8. The van der Waals surface area contributed by atoms with E-state index in [2.05, 4.69) is 15.3 Å². The number of hydrogen-bond donors (Lipinski definition) is 1. The van der Waals surface area contributed by atoms with E-state index in [0.29, 0.717) is 5.56 Å². The molecule has 2 rings (SSSR count). The molecular formula is C14H16FN3. The molecule has 0 aliphatic carbocycles. The molecule has 18 heavy (non-hydrogen) atoms. The van der Waals surface area contributed by atoms with Crippen molar-refractivity contribution in [2.24, 2.45) is 0 Å². The van der Waals surface area contributed by atoms with Gasteiger partial charge in [-0.25, -0.2) is 4.39 Å². The largest absolute Gasteiger partial charge is 0.305 e. The Kier molecular flexibility index (Phi) is 3.99. The van der Waals surface area contributed by atoms with Crippen molar-refractivity contribution in [3.8, 4) is 0 Å². The Morgan fingerprint density at radius 1 is 1.33 bits per heavy atom. The molecule has 0 amide bonds. The van der Waals surface area contributed by atoms with E-state index < -0.39 is 0 Å². The number of nitrogens with one attached hydrogen (secondary N) is 1. The second-order valence-corrected chi connectivity index (χ2v) is 4.15. The first-order valence-electron chi connectivity index (χ1n) is 5.97. The molecule has 2 heterocycles. The molecule has 4 heteroatoms. The second-order valence-electron chi connectivity index (χ2n) is 4.15. The molecule has 0 aromatic carbocycles. The minimum Gasteiger partial charge on any atom is -0.305 e. The first-order chi connectivity index (χ1) is 8.72. The first-order valence-corrected chi connectivity index (χ1v) is 5.97. The number of aromatic nitrogens is 2. The van der Waals surface area contributed by atoms with Gasteiger partial charge in [-0.1, -0.05) is 6.92 Å². The van der Waals surface area contributed by atoms with Crippen LogP contribution in [0.25, 0.3) is 0 Å². The van der Waals surface area contributed by atoms with Crippen LogP contribution in [0.4, 0.5) is 4.39 Å². The Balaban J connectivity index is 2.43. The highest BCUT2D eigenvalue weighted by Crippen LogP contribution is 2.22. The molecule has 1 atom stereocenters. The lowest BCUT2D eigenvalue weighted by atomic mass is 10.0. The first kappa shape index (κ1) is 12.6. The quantitative estimate of drug-likeness (QED) is 0.899. The molecule has 0 saturated heterocycles. The minimum atomic E-state index is -0.313. The summed E-state index contributed by atoms with van der Waals surface area (Å²) in [5.41, 5.74) is 2.50. The van der Waals surface area contributed by atoms with Crippen molar-refractivity contribution < 1.29 is 4.39 Å². The molecule has 1 unspecified atom stereocenters. The molecule has 1 N–H and O–H groups in total. The number of hydrogen-bond acceptors (Lipinski definition) is 3. The summed E-state index contributed by atoms with van der Waals surface area (Å²) < 4.78 is 13.8. The monoisotopic (exact) mass is 245 g/mol. The van der Waals surface area contributed by atoms with Gasteiger partial charge in [0.25, 0.3) is 0 Å². The van der Waals surface area contributed by atoms with Crippen molar-refractivity contribution in [1.29, 1.82) is 0 Å². The topological polar surface area (TPSA) is 37.8 Å². The third-order valence-corrected chi connectivity index (χ3v) is 2.76. The fourth-order valence-corrected chi connectivity index (χ4v) is 1.92. The van der Waals surface area contributed by atoms with Crippen LogP contribution in [0, 0.1) is 12.7 Å². The van der Waals surface area contributed by atoms with Gasteiger partial charge in [-0.05, 0) is 37.2 Å². The molecule has 2 aromatic heterocycles. The van der Waals surface area contributed by atoms with Gasteiger partial charge in [0.05, 0.1) is 17.9 Å². The Bertz CT molecular complexity index is 528. The maximum atomic E-state index is 13.8. The van der Waals surface area contributed by atoms with E-state index in [0.717, 1.165) is 17.8 Å². The highest BCUT2D eigenvalue weighted by atomic mass is 19.1. The van der Waals surface area contributed by atoms with Crippen LogP contribution < -0.4 is 5.32 Å². The average molecular weight is 245 g/mol. The normalized spacial score (nSPS) is 12.4. The van der Waals surface area contributed by atoms with Crippen LogP contribution in [-0.2, 0) is 0 Å². The van der Waals surface area contributed by atoms with Crippen LogP contribution in [0.2, 0.25) is 0 Å². The van der Waals surface area contributed by atoms with E-state index >= 15 is 0 Å².